The smallest absolute Gasteiger partial charge is 0.335 e. The van der Waals surface area contributed by atoms with E-state index in [-0.39, 0.29) is 30.0 Å². The first-order valence-corrected chi connectivity index (χ1v) is 10.5. The Morgan fingerprint density at radius 1 is 0.844 bits per heavy atom. The lowest BCUT2D eigenvalue weighted by Crippen LogP contribution is -2.24. The number of amides is 1. The maximum absolute atomic E-state index is 12.4. The quantitative estimate of drug-likeness (QED) is 0.391. The Morgan fingerprint density at radius 2 is 1.53 bits per heavy atom. The van der Waals surface area contributed by atoms with E-state index in [1.54, 1.807) is 30.3 Å². The maximum atomic E-state index is 12.4. The van der Waals surface area contributed by atoms with Crippen molar-refractivity contribution < 1.29 is 24.6 Å². The average molecular weight is 446 g/mol. The van der Waals surface area contributed by atoms with Crippen LogP contribution >= 0.6 is 11.3 Å². The van der Waals surface area contributed by atoms with Gasteiger partial charge in [-0.25, -0.2) is 14.6 Å². The summed E-state index contributed by atoms with van der Waals surface area (Å²) in [6, 6.07) is 18.8. The van der Waals surface area contributed by atoms with Crippen molar-refractivity contribution in [1.82, 2.24) is 10.3 Å². The molecule has 0 aliphatic rings. The summed E-state index contributed by atoms with van der Waals surface area (Å²) in [7, 11) is 0. The summed E-state index contributed by atoms with van der Waals surface area (Å²) >= 11 is 1.41. The van der Waals surface area contributed by atoms with Gasteiger partial charge in [-0.15, -0.1) is 11.3 Å². The van der Waals surface area contributed by atoms with Crippen LogP contribution in [0.5, 0.6) is 0 Å². The van der Waals surface area contributed by atoms with Gasteiger partial charge in [0.15, 0.2) is 0 Å². The molecule has 0 fully saturated rings. The van der Waals surface area contributed by atoms with Crippen LogP contribution in [0.1, 0.15) is 31.3 Å². The summed E-state index contributed by atoms with van der Waals surface area (Å²) in [6.07, 6.45) is 0.113. The predicted molar refractivity (Wildman–Crippen MR) is 121 cm³/mol. The summed E-state index contributed by atoms with van der Waals surface area (Å²) in [5.41, 5.74) is 3.54. The van der Waals surface area contributed by atoms with Crippen LogP contribution in [0.15, 0.2) is 66.7 Å². The van der Waals surface area contributed by atoms with Crippen LogP contribution in [-0.2, 0) is 17.8 Å². The van der Waals surface area contributed by atoms with Crippen LogP contribution in [0, 0.1) is 0 Å². The van der Waals surface area contributed by atoms with Gasteiger partial charge in [-0.05, 0) is 53.1 Å². The topological polar surface area (TPSA) is 117 Å². The molecule has 1 aromatic heterocycles. The number of nitrogens with one attached hydrogen (secondary N) is 1. The molecule has 0 unspecified atom stereocenters. The highest BCUT2D eigenvalue weighted by molar-refractivity contribution is 7.18. The van der Waals surface area contributed by atoms with Crippen molar-refractivity contribution in [1.29, 1.82) is 0 Å². The minimum absolute atomic E-state index is 0.113. The van der Waals surface area contributed by atoms with Gasteiger partial charge < -0.3 is 15.5 Å². The molecule has 0 saturated carbocycles. The highest BCUT2D eigenvalue weighted by Crippen LogP contribution is 2.29. The van der Waals surface area contributed by atoms with Gasteiger partial charge in [0.2, 0.25) is 5.91 Å². The van der Waals surface area contributed by atoms with Crippen molar-refractivity contribution in [3.8, 4) is 11.1 Å². The first kappa shape index (κ1) is 21.2. The van der Waals surface area contributed by atoms with Gasteiger partial charge in [0.25, 0.3) is 0 Å². The molecule has 4 aromatic rings. The molecule has 3 N–H and O–H groups in total. The molecule has 0 saturated heterocycles. The van der Waals surface area contributed by atoms with E-state index in [4.69, 9.17) is 5.11 Å². The lowest BCUT2D eigenvalue weighted by Gasteiger charge is -2.05. The van der Waals surface area contributed by atoms with Crippen molar-refractivity contribution >= 4 is 39.4 Å². The Hall–Kier alpha value is -4.04. The summed E-state index contributed by atoms with van der Waals surface area (Å²) in [6.45, 7) is 0.231. The zero-order valence-corrected chi connectivity index (χ0v) is 17.6. The number of thiazole rings is 1. The number of carbonyl (C=O) groups excluding carboxylic acids is 1. The Bertz CT molecular complexity index is 1350. The number of carbonyl (C=O) groups is 3. The standard InChI is InChI=1S/C24H18N2O5S/c27-21(25-13-14-3-1-5-17(9-14)23(28)29)12-22-26-19-8-7-16(11-20(19)32-22)15-4-2-6-18(10-15)24(30)31/h1-11H,12-13H2,(H,25,27)(H,28,29)(H,30,31). The fraction of sp³-hybridized carbons (Fsp3) is 0.0833. The number of carboxylic acids is 2. The Labute approximate surface area is 187 Å². The summed E-state index contributed by atoms with van der Waals surface area (Å²) in [5.74, 6) is -2.20. The molecule has 7 nitrogen and oxygen atoms in total. The Morgan fingerprint density at radius 3 is 2.28 bits per heavy atom. The van der Waals surface area contributed by atoms with Gasteiger partial charge in [0.1, 0.15) is 5.01 Å². The van der Waals surface area contributed by atoms with Crippen LogP contribution in [0.3, 0.4) is 0 Å². The first-order valence-electron chi connectivity index (χ1n) is 9.71. The summed E-state index contributed by atoms with van der Waals surface area (Å²) in [5, 5.41) is 21.7. The largest absolute Gasteiger partial charge is 0.478 e. The van der Waals surface area contributed by atoms with Crippen molar-refractivity contribution in [2.45, 2.75) is 13.0 Å². The second-order valence-electron chi connectivity index (χ2n) is 7.14. The van der Waals surface area contributed by atoms with Gasteiger partial charge in [-0.3, -0.25) is 4.79 Å². The van der Waals surface area contributed by atoms with Crippen LogP contribution in [0.4, 0.5) is 0 Å². The molecule has 0 aliphatic heterocycles. The van der Waals surface area contributed by atoms with Crippen molar-refractivity contribution in [2.24, 2.45) is 0 Å². The number of aromatic carboxylic acids is 2. The number of aromatic nitrogens is 1. The second-order valence-corrected chi connectivity index (χ2v) is 8.25. The molecule has 0 aliphatic carbocycles. The highest BCUT2D eigenvalue weighted by Gasteiger charge is 2.12. The minimum atomic E-state index is -1.01. The van der Waals surface area contributed by atoms with E-state index in [0.29, 0.717) is 10.6 Å². The number of hydrogen-bond donors (Lipinski definition) is 3. The van der Waals surface area contributed by atoms with Crippen molar-refractivity contribution in [2.75, 3.05) is 0 Å². The van der Waals surface area contributed by atoms with E-state index < -0.39 is 11.9 Å². The molecule has 3 aromatic carbocycles. The molecule has 1 amide bonds. The lowest BCUT2D eigenvalue weighted by atomic mass is 10.0. The normalized spacial score (nSPS) is 10.8. The first-order chi connectivity index (χ1) is 15.4. The molecule has 0 bridgehead atoms. The predicted octanol–water partition coefficient (Wildman–Crippen LogP) is 4.22. The third-order valence-electron chi connectivity index (χ3n) is 4.85. The third-order valence-corrected chi connectivity index (χ3v) is 5.87. The summed E-state index contributed by atoms with van der Waals surface area (Å²) in [4.78, 5) is 39.1. The number of hydrogen-bond acceptors (Lipinski definition) is 5. The molecule has 0 radical (unpaired) electrons. The zero-order valence-electron chi connectivity index (χ0n) is 16.7. The van der Waals surface area contributed by atoms with Gasteiger partial charge in [0.05, 0.1) is 27.8 Å². The van der Waals surface area contributed by atoms with E-state index in [9.17, 15) is 19.5 Å². The number of fused-ring (bicyclic) bond motifs is 1. The monoisotopic (exact) mass is 446 g/mol. The molecule has 1 heterocycles. The fourth-order valence-corrected chi connectivity index (χ4v) is 4.28. The number of nitrogens with zero attached hydrogens (tertiary/aromatic N) is 1. The molecule has 0 spiro atoms. The van der Waals surface area contributed by atoms with E-state index in [1.165, 1.54) is 23.5 Å². The Kier molecular flexibility index (Phi) is 5.96. The third kappa shape index (κ3) is 4.81. The minimum Gasteiger partial charge on any atom is -0.478 e. The van der Waals surface area contributed by atoms with Gasteiger partial charge in [0, 0.05) is 6.54 Å². The highest BCUT2D eigenvalue weighted by atomic mass is 32.1. The molecular weight excluding hydrogens is 428 g/mol. The second kappa shape index (κ2) is 8.99. The van der Waals surface area contributed by atoms with Gasteiger partial charge in [-0.1, -0.05) is 30.3 Å². The van der Waals surface area contributed by atoms with E-state index in [2.05, 4.69) is 10.3 Å². The number of carboxylic acid groups (broad SMARTS) is 2. The van der Waals surface area contributed by atoms with E-state index in [1.807, 2.05) is 24.3 Å². The van der Waals surface area contributed by atoms with Gasteiger partial charge in [-0.2, -0.15) is 0 Å². The lowest BCUT2D eigenvalue weighted by molar-refractivity contribution is -0.120. The van der Waals surface area contributed by atoms with E-state index >= 15 is 0 Å². The van der Waals surface area contributed by atoms with Crippen molar-refractivity contribution in [3.05, 3.63) is 88.4 Å². The summed E-state index contributed by atoms with van der Waals surface area (Å²) < 4.78 is 0.903. The molecule has 32 heavy (non-hydrogen) atoms. The van der Waals surface area contributed by atoms with E-state index in [0.717, 1.165) is 21.3 Å². The maximum Gasteiger partial charge on any atom is 0.335 e. The average Bonchev–Trinajstić information content (AvgIpc) is 3.19. The molecular formula is C24H18N2O5S. The van der Waals surface area contributed by atoms with Crippen molar-refractivity contribution in [3.63, 3.8) is 0 Å². The number of rotatable bonds is 7. The fourth-order valence-electron chi connectivity index (χ4n) is 3.27. The van der Waals surface area contributed by atoms with Crippen LogP contribution in [0.2, 0.25) is 0 Å². The SMILES string of the molecule is O=C(Cc1nc2ccc(-c3cccc(C(=O)O)c3)cc2s1)NCc1cccc(C(=O)O)c1. The van der Waals surface area contributed by atoms with Crippen LogP contribution in [-0.4, -0.2) is 33.0 Å². The molecule has 4 rings (SSSR count). The zero-order chi connectivity index (χ0) is 22.7. The number of benzene rings is 3. The molecule has 8 heteroatoms. The van der Waals surface area contributed by atoms with Crippen LogP contribution < -0.4 is 5.32 Å². The van der Waals surface area contributed by atoms with Gasteiger partial charge >= 0.3 is 11.9 Å². The Balaban J connectivity index is 1.45. The molecule has 0 atom stereocenters. The van der Waals surface area contributed by atoms with Crippen LogP contribution in [0.25, 0.3) is 21.3 Å². The molecule has 160 valence electrons.